The second-order valence-electron chi connectivity index (χ2n) is 4.87. The van der Waals surface area contributed by atoms with Gasteiger partial charge in [-0.05, 0) is 37.0 Å². The highest BCUT2D eigenvalue weighted by Crippen LogP contribution is 2.07. The predicted octanol–water partition coefficient (Wildman–Crippen LogP) is 4.96. The van der Waals surface area contributed by atoms with Gasteiger partial charge in [-0.1, -0.05) is 50.2 Å². The Morgan fingerprint density at radius 3 is 2.26 bits per heavy atom. The van der Waals surface area contributed by atoms with Gasteiger partial charge in [0.05, 0.1) is 0 Å². The normalized spacial score (nSPS) is 9.47. The molecule has 0 aliphatic carbocycles. The maximum absolute atomic E-state index is 5.21. The summed E-state index contributed by atoms with van der Waals surface area (Å²) in [6.07, 6.45) is 14.3. The van der Waals surface area contributed by atoms with Gasteiger partial charge in [0, 0.05) is 18.4 Å². The van der Waals surface area contributed by atoms with Crippen molar-refractivity contribution < 1.29 is 0 Å². The van der Waals surface area contributed by atoms with E-state index in [4.69, 9.17) is 6.42 Å². The molecule has 0 nitrogen and oxygen atoms in total. The number of unbranched alkanes of at least 4 members (excludes halogenated alkanes) is 5. The van der Waals surface area contributed by atoms with Crippen LogP contribution in [-0.4, -0.2) is 0 Å². The molecule has 0 spiro atoms. The summed E-state index contributed by atoms with van der Waals surface area (Å²) >= 11 is 0. The SMILES string of the molecule is C#CCCCCCCC#Cc1ccc(CCC)cc1. The highest BCUT2D eigenvalue weighted by molar-refractivity contribution is 5.36. The molecule has 0 bridgehead atoms. The average molecular weight is 252 g/mol. The van der Waals surface area contributed by atoms with Crippen LogP contribution < -0.4 is 0 Å². The summed E-state index contributed by atoms with van der Waals surface area (Å²) < 4.78 is 0. The average Bonchev–Trinajstić information content (AvgIpc) is 2.44. The molecular weight excluding hydrogens is 228 g/mol. The summed E-state index contributed by atoms with van der Waals surface area (Å²) in [5.41, 5.74) is 2.54. The summed E-state index contributed by atoms with van der Waals surface area (Å²) in [7, 11) is 0. The van der Waals surface area contributed by atoms with Crippen molar-refractivity contribution in [3.8, 4) is 24.2 Å². The van der Waals surface area contributed by atoms with Gasteiger partial charge in [0.15, 0.2) is 0 Å². The van der Waals surface area contributed by atoms with E-state index in [9.17, 15) is 0 Å². The van der Waals surface area contributed by atoms with Gasteiger partial charge in [-0.2, -0.15) is 0 Å². The standard InChI is InChI=1S/C19H24/c1-3-5-6-7-8-9-10-11-13-19-16-14-18(12-4-2)15-17-19/h1,14-17H,4-10,12H2,2H3. The van der Waals surface area contributed by atoms with Crippen LogP contribution in [0.4, 0.5) is 0 Å². The van der Waals surface area contributed by atoms with Crippen molar-refractivity contribution in [2.45, 2.75) is 58.3 Å². The fourth-order valence-corrected chi connectivity index (χ4v) is 2.00. The number of rotatable bonds is 7. The first kappa shape index (κ1) is 15.4. The third-order valence-electron chi connectivity index (χ3n) is 3.10. The Balaban J connectivity index is 2.20. The minimum absolute atomic E-state index is 0.912. The van der Waals surface area contributed by atoms with E-state index >= 15 is 0 Å². The summed E-state index contributed by atoms with van der Waals surface area (Å²) in [4.78, 5) is 0. The van der Waals surface area contributed by atoms with Gasteiger partial charge in [0.1, 0.15) is 0 Å². The van der Waals surface area contributed by atoms with Crippen molar-refractivity contribution in [2.24, 2.45) is 0 Å². The molecule has 0 aliphatic heterocycles. The van der Waals surface area contributed by atoms with Crippen LogP contribution in [0.3, 0.4) is 0 Å². The Bertz CT molecular complexity index is 434. The van der Waals surface area contributed by atoms with E-state index in [0.717, 1.165) is 31.2 Å². The maximum atomic E-state index is 5.21. The van der Waals surface area contributed by atoms with Crippen LogP contribution in [0.5, 0.6) is 0 Å². The van der Waals surface area contributed by atoms with Crippen LogP contribution in [0.1, 0.15) is 63.0 Å². The Morgan fingerprint density at radius 1 is 0.947 bits per heavy atom. The van der Waals surface area contributed by atoms with Gasteiger partial charge in [0.2, 0.25) is 0 Å². The maximum Gasteiger partial charge on any atom is 0.0245 e. The van der Waals surface area contributed by atoms with Crippen LogP contribution in [0.15, 0.2) is 24.3 Å². The molecular formula is C19H24. The fraction of sp³-hybridized carbons (Fsp3) is 0.474. The van der Waals surface area contributed by atoms with Crippen molar-refractivity contribution in [3.63, 3.8) is 0 Å². The largest absolute Gasteiger partial charge is 0.120 e. The number of terminal acetylenes is 1. The minimum atomic E-state index is 0.912. The van der Waals surface area contributed by atoms with Crippen LogP contribution in [0.25, 0.3) is 0 Å². The molecule has 0 saturated carbocycles. The van der Waals surface area contributed by atoms with Crippen LogP contribution in [0, 0.1) is 24.2 Å². The topological polar surface area (TPSA) is 0 Å². The first-order valence-electron chi connectivity index (χ1n) is 7.38. The first-order valence-corrected chi connectivity index (χ1v) is 7.38. The number of hydrogen-bond donors (Lipinski definition) is 0. The molecule has 1 aromatic carbocycles. The molecule has 0 heteroatoms. The summed E-state index contributed by atoms with van der Waals surface area (Å²) in [6.45, 7) is 2.21. The van der Waals surface area contributed by atoms with Crippen molar-refractivity contribution in [3.05, 3.63) is 35.4 Å². The molecule has 19 heavy (non-hydrogen) atoms. The Kier molecular flexibility index (Phi) is 8.33. The lowest BCUT2D eigenvalue weighted by Gasteiger charge is -1.97. The van der Waals surface area contributed by atoms with E-state index in [-0.39, 0.29) is 0 Å². The van der Waals surface area contributed by atoms with Crippen LogP contribution >= 0.6 is 0 Å². The highest BCUT2D eigenvalue weighted by Gasteiger charge is 1.91. The number of aryl methyl sites for hydroxylation is 1. The third kappa shape index (κ3) is 7.38. The molecule has 1 aromatic rings. The quantitative estimate of drug-likeness (QED) is 0.475. The van der Waals surface area contributed by atoms with Gasteiger partial charge < -0.3 is 0 Å². The zero-order chi connectivity index (χ0) is 13.8. The first-order chi connectivity index (χ1) is 9.36. The van der Waals surface area contributed by atoms with Gasteiger partial charge in [-0.25, -0.2) is 0 Å². The molecule has 1 rings (SSSR count). The molecule has 0 atom stereocenters. The lowest BCUT2D eigenvalue weighted by Crippen LogP contribution is -1.83. The summed E-state index contributed by atoms with van der Waals surface area (Å²) in [5.74, 6) is 9.16. The van der Waals surface area contributed by atoms with E-state index in [0.29, 0.717) is 0 Å². The van der Waals surface area contributed by atoms with E-state index in [1.807, 2.05) is 0 Å². The molecule has 0 N–H and O–H groups in total. The molecule has 0 aliphatic rings. The lowest BCUT2D eigenvalue weighted by atomic mass is 10.1. The smallest absolute Gasteiger partial charge is 0.0245 e. The predicted molar refractivity (Wildman–Crippen MR) is 83.9 cm³/mol. The second kappa shape index (κ2) is 10.3. The van der Waals surface area contributed by atoms with Crippen molar-refractivity contribution in [2.75, 3.05) is 0 Å². The van der Waals surface area contributed by atoms with Gasteiger partial charge >= 0.3 is 0 Å². The number of benzene rings is 1. The van der Waals surface area contributed by atoms with Crippen LogP contribution in [0.2, 0.25) is 0 Å². The Labute approximate surface area is 118 Å². The lowest BCUT2D eigenvalue weighted by molar-refractivity contribution is 0.661. The molecule has 0 aromatic heterocycles. The monoisotopic (exact) mass is 252 g/mol. The molecule has 0 heterocycles. The van der Waals surface area contributed by atoms with E-state index < -0.39 is 0 Å². The molecule has 0 fully saturated rings. The third-order valence-corrected chi connectivity index (χ3v) is 3.10. The van der Waals surface area contributed by atoms with Gasteiger partial charge in [0.25, 0.3) is 0 Å². The molecule has 0 amide bonds. The Hall–Kier alpha value is -1.66. The second-order valence-corrected chi connectivity index (χ2v) is 4.87. The molecule has 0 radical (unpaired) electrons. The van der Waals surface area contributed by atoms with Gasteiger partial charge in [-0.3, -0.25) is 0 Å². The van der Waals surface area contributed by atoms with E-state index in [1.165, 1.54) is 31.2 Å². The van der Waals surface area contributed by atoms with Crippen molar-refractivity contribution in [1.29, 1.82) is 0 Å². The summed E-state index contributed by atoms with van der Waals surface area (Å²) in [6, 6.07) is 8.64. The Morgan fingerprint density at radius 2 is 1.63 bits per heavy atom. The molecule has 0 saturated heterocycles. The van der Waals surface area contributed by atoms with E-state index in [1.54, 1.807) is 0 Å². The van der Waals surface area contributed by atoms with Gasteiger partial charge in [-0.15, -0.1) is 12.3 Å². The highest BCUT2D eigenvalue weighted by atomic mass is 14.0. The van der Waals surface area contributed by atoms with Crippen molar-refractivity contribution >= 4 is 0 Å². The summed E-state index contributed by atoms with van der Waals surface area (Å²) in [5, 5.41) is 0. The van der Waals surface area contributed by atoms with E-state index in [2.05, 4.69) is 49.0 Å². The minimum Gasteiger partial charge on any atom is -0.120 e. The van der Waals surface area contributed by atoms with Crippen LogP contribution in [-0.2, 0) is 6.42 Å². The zero-order valence-corrected chi connectivity index (χ0v) is 12.0. The fourth-order valence-electron chi connectivity index (χ4n) is 2.00. The molecule has 0 unspecified atom stereocenters. The zero-order valence-electron chi connectivity index (χ0n) is 12.0. The van der Waals surface area contributed by atoms with Crippen molar-refractivity contribution in [1.82, 2.24) is 0 Å². The number of hydrogen-bond acceptors (Lipinski definition) is 0. The molecule has 100 valence electrons.